The molecule has 0 atom stereocenters. The lowest BCUT2D eigenvalue weighted by atomic mass is 9.86. The third-order valence-electron chi connectivity index (χ3n) is 3.52. The average molecular weight is 265 g/mol. The molecule has 0 saturated heterocycles. The second kappa shape index (κ2) is 6.14. The molecule has 2 rings (SSSR count). The van der Waals surface area contributed by atoms with Gasteiger partial charge in [0.25, 0.3) is 0 Å². The van der Waals surface area contributed by atoms with Crippen molar-refractivity contribution >= 4 is 23.4 Å². The van der Waals surface area contributed by atoms with Crippen LogP contribution in [0.15, 0.2) is 29.2 Å². The molecule has 98 valence electrons. The van der Waals surface area contributed by atoms with Gasteiger partial charge in [0, 0.05) is 16.6 Å². The normalized spacial score (nSPS) is 23.6. The van der Waals surface area contributed by atoms with Crippen molar-refractivity contribution in [2.45, 2.75) is 36.6 Å². The predicted molar refractivity (Wildman–Crippen MR) is 75.2 cm³/mol. The highest BCUT2D eigenvalue weighted by atomic mass is 32.2. The maximum absolute atomic E-state index is 10.9. The zero-order chi connectivity index (χ0) is 13.0. The number of benzene rings is 1. The minimum Gasteiger partial charge on any atom is -0.481 e. The first kappa shape index (κ1) is 13.3. The summed E-state index contributed by atoms with van der Waals surface area (Å²) in [4.78, 5) is 12.1. The second-order valence-corrected chi connectivity index (χ2v) is 5.64. The topological polar surface area (TPSA) is 49.3 Å². The van der Waals surface area contributed by atoms with Crippen LogP contribution in [-0.4, -0.2) is 23.4 Å². The molecular weight excluding hydrogens is 246 g/mol. The van der Waals surface area contributed by atoms with Gasteiger partial charge < -0.3 is 10.4 Å². The fourth-order valence-corrected chi connectivity index (χ4v) is 2.89. The number of rotatable bonds is 4. The van der Waals surface area contributed by atoms with E-state index in [2.05, 4.69) is 35.8 Å². The molecule has 1 aromatic rings. The maximum Gasteiger partial charge on any atom is 0.306 e. The summed E-state index contributed by atoms with van der Waals surface area (Å²) in [6.45, 7) is 0. The molecule has 18 heavy (non-hydrogen) atoms. The van der Waals surface area contributed by atoms with Crippen LogP contribution in [0.2, 0.25) is 0 Å². The molecule has 2 N–H and O–H groups in total. The second-order valence-electron chi connectivity index (χ2n) is 4.76. The number of aliphatic carboxylic acids is 1. The van der Waals surface area contributed by atoms with E-state index in [1.165, 1.54) is 4.90 Å². The molecule has 0 spiro atoms. The SMILES string of the molecule is CSc1cccc(NC2CCC(C(=O)O)CC2)c1. The highest BCUT2D eigenvalue weighted by Crippen LogP contribution is 2.27. The van der Waals surface area contributed by atoms with Crippen LogP contribution in [0.1, 0.15) is 25.7 Å². The Morgan fingerprint density at radius 1 is 1.33 bits per heavy atom. The van der Waals surface area contributed by atoms with Crippen molar-refractivity contribution in [1.29, 1.82) is 0 Å². The number of carboxylic acids is 1. The minimum absolute atomic E-state index is 0.138. The zero-order valence-corrected chi connectivity index (χ0v) is 11.4. The van der Waals surface area contributed by atoms with Crippen molar-refractivity contribution in [2.75, 3.05) is 11.6 Å². The smallest absolute Gasteiger partial charge is 0.306 e. The van der Waals surface area contributed by atoms with Gasteiger partial charge in [0.05, 0.1) is 5.92 Å². The molecule has 3 nitrogen and oxygen atoms in total. The number of nitrogens with one attached hydrogen (secondary N) is 1. The van der Waals surface area contributed by atoms with Gasteiger partial charge in [0.15, 0.2) is 0 Å². The highest BCUT2D eigenvalue weighted by Gasteiger charge is 2.25. The molecule has 1 saturated carbocycles. The number of thioether (sulfide) groups is 1. The Bertz CT molecular complexity index is 414. The number of hydrogen-bond acceptors (Lipinski definition) is 3. The average Bonchev–Trinajstić information content (AvgIpc) is 2.39. The molecule has 4 heteroatoms. The van der Waals surface area contributed by atoms with Gasteiger partial charge in [-0.3, -0.25) is 4.79 Å². The van der Waals surface area contributed by atoms with Crippen LogP contribution in [0.3, 0.4) is 0 Å². The van der Waals surface area contributed by atoms with Gasteiger partial charge in [-0.25, -0.2) is 0 Å². The first-order valence-electron chi connectivity index (χ1n) is 6.32. The van der Waals surface area contributed by atoms with E-state index in [-0.39, 0.29) is 5.92 Å². The molecule has 0 radical (unpaired) electrons. The van der Waals surface area contributed by atoms with Gasteiger partial charge in [-0.1, -0.05) is 6.07 Å². The van der Waals surface area contributed by atoms with E-state index < -0.39 is 5.97 Å². The number of anilines is 1. The van der Waals surface area contributed by atoms with Gasteiger partial charge in [0.2, 0.25) is 0 Å². The largest absolute Gasteiger partial charge is 0.481 e. The van der Waals surface area contributed by atoms with Crippen molar-refractivity contribution < 1.29 is 9.90 Å². The third kappa shape index (κ3) is 3.42. The summed E-state index contributed by atoms with van der Waals surface area (Å²) in [7, 11) is 0. The molecule has 0 aliphatic heterocycles. The third-order valence-corrected chi connectivity index (χ3v) is 4.24. The Labute approximate surface area is 112 Å². The summed E-state index contributed by atoms with van der Waals surface area (Å²) in [5, 5.41) is 12.5. The molecule has 1 aliphatic rings. The molecule has 0 unspecified atom stereocenters. The summed E-state index contributed by atoms with van der Waals surface area (Å²) in [6, 6.07) is 8.78. The quantitative estimate of drug-likeness (QED) is 0.818. The Morgan fingerprint density at radius 2 is 2.06 bits per heavy atom. The van der Waals surface area contributed by atoms with Crippen LogP contribution in [0.5, 0.6) is 0 Å². The summed E-state index contributed by atoms with van der Waals surface area (Å²) in [5.74, 6) is -0.779. The van der Waals surface area contributed by atoms with Gasteiger partial charge in [-0.05, 0) is 50.1 Å². The molecule has 0 bridgehead atoms. The van der Waals surface area contributed by atoms with E-state index in [9.17, 15) is 4.79 Å². The molecule has 0 amide bonds. The van der Waals surface area contributed by atoms with Crippen molar-refractivity contribution in [1.82, 2.24) is 0 Å². The Kier molecular flexibility index (Phi) is 4.53. The molecule has 1 aromatic carbocycles. The van der Waals surface area contributed by atoms with Crippen molar-refractivity contribution in [2.24, 2.45) is 5.92 Å². The first-order chi connectivity index (χ1) is 8.69. The van der Waals surface area contributed by atoms with E-state index in [1.54, 1.807) is 11.8 Å². The lowest BCUT2D eigenvalue weighted by Crippen LogP contribution is -2.29. The summed E-state index contributed by atoms with van der Waals surface area (Å²) in [6.07, 6.45) is 5.53. The van der Waals surface area contributed by atoms with Gasteiger partial charge in [-0.15, -0.1) is 11.8 Å². The lowest BCUT2D eigenvalue weighted by Gasteiger charge is -2.27. The molecular formula is C14H19NO2S. The zero-order valence-electron chi connectivity index (χ0n) is 10.6. The van der Waals surface area contributed by atoms with E-state index >= 15 is 0 Å². The standard InChI is InChI=1S/C14H19NO2S/c1-18-13-4-2-3-12(9-13)15-11-7-5-10(6-8-11)14(16)17/h2-4,9-11,15H,5-8H2,1H3,(H,16,17). The molecule has 0 aromatic heterocycles. The van der Waals surface area contributed by atoms with Crippen LogP contribution < -0.4 is 5.32 Å². The number of carbonyl (C=O) groups is 1. The van der Waals surface area contributed by atoms with E-state index in [0.717, 1.165) is 31.4 Å². The Hall–Kier alpha value is -1.16. The van der Waals surface area contributed by atoms with E-state index in [0.29, 0.717) is 6.04 Å². The van der Waals surface area contributed by atoms with Gasteiger partial charge in [0.1, 0.15) is 0 Å². The summed E-state index contributed by atoms with van der Waals surface area (Å²) in [5.41, 5.74) is 1.14. The van der Waals surface area contributed by atoms with Crippen LogP contribution in [0, 0.1) is 5.92 Å². The Morgan fingerprint density at radius 3 is 2.67 bits per heavy atom. The van der Waals surface area contributed by atoms with Crippen LogP contribution in [-0.2, 0) is 4.79 Å². The highest BCUT2D eigenvalue weighted by molar-refractivity contribution is 7.98. The number of carboxylic acid groups (broad SMARTS) is 1. The fraction of sp³-hybridized carbons (Fsp3) is 0.500. The maximum atomic E-state index is 10.9. The van der Waals surface area contributed by atoms with Crippen molar-refractivity contribution in [3.63, 3.8) is 0 Å². The van der Waals surface area contributed by atoms with E-state index in [4.69, 9.17) is 5.11 Å². The Balaban J connectivity index is 1.89. The van der Waals surface area contributed by atoms with Gasteiger partial charge >= 0.3 is 5.97 Å². The minimum atomic E-state index is -0.641. The monoisotopic (exact) mass is 265 g/mol. The fourth-order valence-electron chi connectivity index (χ4n) is 2.43. The molecule has 1 aliphatic carbocycles. The van der Waals surface area contributed by atoms with Crippen LogP contribution in [0.25, 0.3) is 0 Å². The van der Waals surface area contributed by atoms with Crippen molar-refractivity contribution in [3.8, 4) is 0 Å². The van der Waals surface area contributed by atoms with Crippen molar-refractivity contribution in [3.05, 3.63) is 24.3 Å². The van der Waals surface area contributed by atoms with Crippen LogP contribution in [0.4, 0.5) is 5.69 Å². The summed E-state index contributed by atoms with van der Waals surface area (Å²) < 4.78 is 0. The molecule has 1 fully saturated rings. The van der Waals surface area contributed by atoms with E-state index in [1.807, 2.05) is 0 Å². The predicted octanol–water partition coefficient (Wildman–Crippen LogP) is 3.46. The number of hydrogen-bond donors (Lipinski definition) is 2. The summed E-state index contributed by atoms with van der Waals surface area (Å²) >= 11 is 1.73. The molecule has 0 heterocycles. The lowest BCUT2D eigenvalue weighted by molar-refractivity contribution is -0.142. The van der Waals surface area contributed by atoms with Gasteiger partial charge in [-0.2, -0.15) is 0 Å². The van der Waals surface area contributed by atoms with Crippen LogP contribution >= 0.6 is 11.8 Å². The first-order valence-corrected chi connectivity index (χ1v) is 7.55.